The van der Waals surface area contributed by atoms with Crippen LogP contribution in [0.1, 0.15) is 18.2 Å². The van der Waals surface area contributed by atoms with Crippen molar-refractivity contribution in [1.82, 2.24) is 29.5 Å². The first-order chi connectivity index (χ1) is 15.9. The van der Waals surface area contributed by atoms with Gasteiger partial charge in [-0.25, -0.2) is 9.97 Å². The maximum Gasteiger partial charge on any atom is 0.236 e. The van der Waals surface area contributed by atoms with E-state index in [0.29, 0.717) is 27.6 Å². The Morgan fingerprint density at radius 1 is 1.15 bits per heavy atom. The lowest BCUT2D eigenvalue weighted by Crippen LogP contribution is -2.15. The average molecular weight is 502 g/mol. The summed E-state index contributed by atoms with van der Waals surface area (Å²) in [7, 11) is 0. The Balaban J connectivity index is 1.34. The molecule has 3 aromatic heterocycles. The minimum absolute atomic E-state index is 0.159. The standard InChI is InChI=1S/C22H21Cl2N7OS/c1-3-30-12-17(14(2)28-30)19-6-8-25-22(26-19)33-13-21(32)27-20-7-9-31(29-20)11-15-4-5-16(23)10-18(15)24/h4-10,12H,3,11,13H2,1-2H3,(H,27,29,32). The minimum atomic E-state index is -0.196. The van der Waals surface area contributed by atoms with Gasteiger partial charge < -0.3 is 5.32 Å². The summed E-state index contributed by atoms with van der Waals surface area (Å²) in [6.45, 7) is 5.24. The third-order valence-corrected chi connectivity index (χ3v) is 6.22. The zero-order chi connectivity index (χ0) is 23.4. The number of nitrogens with one attached hydrogen (secondary N) is 1. The molecule has 3 heterocycles. The molecular weight excluding hydrogens is 481 g/mol. The van der Waals surface area contributed by atoms with E-state index in [1.807, 2.05) is 36.9 Å². The fourth-order valence-corrected chi connectivity index (χ4v) is 4.24. The summed E-state index contributed by atoms with van der Waals surface area (Å²) in [4.78, 5) is 21.3. The van der Waals surface area contributed by atoms with Crippen LogP contribution in [0.5, 0.6) is 0 Å². The quantitative estimate of drug-likeness (QED) is 0.271. The summed E-state index contributed by atoms with van der Waals surface area (Å²) in [6.07, 6.45) is 5.43. The molecule has 0 spiro atoms. The first-order valence-electron chi connectivity index (χ1n) is 10.2. The molecule has 170 valence electrons. The maximum atomic E-state index is 12.4. The van der Waals surface area contributed by atoms with Crippen LogP contribution < -0.4 is 5.32 Å². The van der Waals surface area contributed by atoms with Crippen LogP contribution in [0.3, 0.4) is 0 Å². The summed E-state index contributed by atoms with van der Waals surface area (Å²) in [6, 6.07) is 8.89. The number of anilines is 1. The van der Waals surface area contributed by atoms with Crippen LogP contribution >= 0.6 is 35.0 Å². The predicted octanol–water partition coefficient (Wildman–Crippen LogP) is 4.95. The van der Waals surface area contributed by atoms with Gasteiger partial charge >= 0.3 is 0 Å². The van der Waals surface area contributed by atoms with Crippen molar-refractivity contribution in [1.29, 1.82) is 0 Å². The smallest absolute Gasteiger partial charge is 0.236 e. The first-order valence-corrected chi connectivity index (χ1v) is 11.9. The molecule has 4 aromatic rings. The second kappa shape index (κ2) is 10.4. The van der Waals surface area contributed by atoms with Gasteiger partial charge in [-0.1, -0.05) is 41.0 Å². The van der Waals surface area contributed by atoms with Gasteiger partial charge in [-0.2, -0.15) is 10.2 Å². The fourth-order valence-electron chi connectivity index (χ4n) is 3.14. The second-order valence-corrected chi connectivity index (χ2v) is 8.97. The molecule has 0 saturated carbocycles. The molecule has 8 nitrogen and oxygen atoms in total. The van der Waals surface area contributed by atoms with E-state index in [1.165, 1.54) is 11.8 Å². The number of rotatable bonds is 8. The van der Waals surface area contributed by atoms with E-state index in [0.717, 1.165) is 29.1 Å². The predicted molar refractivity (Wildman–Crippen MR) is 131 cm³/mol. The van der Waals surface area contributed by atoms with Crippen molar-refractivity contribution in [3.05, 3.63) is 70.2 Å². The zero-order valence-electron chi connectivity index (χ0n) is 18.0. The molecule has 11 heteroatoms. The minimum Gasteiger partial charge on any atom is -0.308 e. The van der Waals surface area contributed by atoms with Crippen LogP contribution in [-0.4, -0.2) is 41.2 Å². The zero-order valence-corrected chi connectivity index (χ0v) is 20.3. The lowest BCUT2D eigenvalue weighted by molar-refractivity contribution is -0.113. The number of amides is 1. The molecule has 0 saturated heterocycles. The third-order valence-electron chi connectivity index (χ3n) is 4.77. The summed E-state index contributed by atoms with van der Waals surface area (Å²) in [5.41, 5.74) is 3.52. The highest BCUT2D eigenvalue weighted by Crippen LogP contribution is 2.24. The number of aryl methyl sites for hydroxylation is 2. The number of nitrogens with zero attached hydrogens (tertiary/aromatic N) is 6. The summed E-state index contributed by atoms with van der Waals surface area (Å²) in [5.74, 6) is 0.425. The van der Waals surface area contributed by atoms with Gasteiger partial charge in [0.05, 0.1) is 23.7 Å². The summed E-state index contributed by atoms with van der Waals surface area (Å²) < 4.78 is 3.57. The lowest BCUT2D eigenvalue weighted by Gasteiger charge is -2.05. The molecule has 0 aliphatic heterocycles. The van der Waals surface area contributed by atoms with Gasteiger partial charge in [0.2, 0.25) is 5.91 Å². The molecular formula is C22H21Cl2N7OS. The molecule has 0 aliphatic rings. The number of halogens is 2. The molecule has 0 aliphatic carbocycles. The number of benzene rings is 1. The SMILES string of the molecule is CCn1cc(-c2ccnc(SCC(=O)Nc3ccn(Cc4ccc(Cl)cc4Cl)n3)n2)c(C)n1. The van der Waals surface area contributed by atoms with E-state index < -0.39 is 0 Å². The van der Waals surface area contributed by atoms with Crippen molar-refractivity contribution in [2.45, 2.75) is 32.1 Å². The molecule has 4 rings (SSSR count). The topological polar surface area (TPSA) is 90.5 Å². The number of hydrogen-bond acceptors (Lipinski definition) is 6. The molecule has 33 heavy (non-hydrogen) atoms. The Kier molecular flexibility index (Phi) is 7.32. The Labute approximate surface area is 205 Å². The molecule has 0 bridgehead atoms. The highest BCUT2D eigenvalue weighted by molar-refractivity contribution is 7.99. The van der Waals surface area contributed by atoms with Crippen molar-refractivity contribution in [2.24, 2.45) is 0 Å². The Morgan fingerprint density at radius 3 is 2.76 bits per heavy atom. The van der Waals surface area contributed by atoms with Crippen molar-refractivity contribution >= 4 is 46.7 Å². The van der Waals surface area contributed by atoms with E-state index in [-0.39, 0.29) is 11.7 Å². The van der Waals surface area contributed by atoms with Crippen molar-refractivity contribution in [3.63, 3.8) is 0 Å². The highest BCUT2D eigenvalue weighted by atomic mass is 35.5. The van der Waals surface area contributed by atoms with Crippen LogP contribution in [0.15, 0.2) is 54.1 Å². The Bertz CT molecular complexity index is 1290. The third kappa shape index (κ3) is 5.93. The van der Waals surface area contributed by atoms with E-state index in [1.54, 1.807) is 35.3 Å². The van der Waals surface area contributed by atoms with Crippen LogP contribution in [0.2, 0.25) is 10.0 Å². The molecule has 0 unspecified atom stereocenters. The molecule has 0 atom stereocenters. The molecule has 0 radical (unpaired) electrons. The number of carbonyl (C=O) groups is 1. The van der Waals surface area contributed by atoms with Gasteiger partial charge in [0.15, 0.2) is 11.0 Å². The first kappa shape index (κ1) is 23.3. The number of thioether (sulfide) groups is 1. The van der Waals surface area contributed by atoms with Crippen molar-refractivity contribution < 1.29 is 4.79 Å². The molecule has 1 amide bonds. The Hall–Kier alpha value is -2.88. The van der Waals surface area contributed by atoms with Gasteiger partial charge in [0.1, 0.15) is 0 Å². The van der Waals surface area contributed by atoms with Crippen LogP contribution in [-0.2, 0) is 17.9 Å². The van der Waals surface area contributed by atoms with E-state index in [9.17, 15) is 4.79 Å². The monoisotopic (exact) mass is 501 g/mol. The highest BCUT2D eigenvalue weighted by Gasteiger charge is 2.12. The maximum absolute atomic E-state index is 12.4. The molecule has 1 aromatic carbocycles. The van der Waals surface area contributed by atoms with Crippen LogP contribution in [0, 0.1) is 6.92 Å². The lowest BCUT2D eigenvalue weighted by atomic mass is 10.2. The van der Waals surface area contributed by atoms with Gasteiger partial charge in [-0.15, -0.1) is 0 Å². The van der Waals surface area contributed by atoms with Crippen molar-refractivity contribution in [3.8, 4) is 11.3 Å². The van der Waals surface area contributed by atoms with Gasteiger partial charge in [-0.3, -0.25) is 14.2 Å². The normalized spacial score (nSPS) is 11.0. The second-order valence-electron chi connectivity index (χ2n) is 7.18. The van der Waals surface area contributed by atoms with Crippen LogP contribution in [0.4, 0.5) is 5.82 Å². The molecule has 1 N–H and O–H groups in total. The largest absolute Gasteiger partial charge is 0.308 e. The van der Waals surface area contributed by atoms with E-state index in [4.69, 9.17) is 23.2 Å². The van der Waals surface area contributed by atoms with E-state index >= 15 is 0 Å². The fraction of sp³-hybridized carbons (Fsp3) is 0.227. The Morgan fingerprint density at radius 2 is 2.00 bits per heavy atom. The van der Waals surface area contributed by atoms with Gasteiger partial charge in [0, 0.05) is 46.8 Å². The number of aromatic nitrogens is 6. The average Bonchev–Trinajstić information content (AvgIpc) is 3.40. The number of carbonyl (C=O) groups excluding carboxylic acids is 1. The summed E-state index contributed by atoms with van der Waals surface area (Å²) >= 11 is 13.4. The van der Waals surface area contributed by atoms with Gasteiger partial charge in [0.25, 0.3) is 0 Å². The number of hydrogen-bond donors (Lipinski definition) is 1. The van der Waals surface area contributed by atoms with Gasteiger partial charge in [-0.05, 0) is 37.6 Å². The van der Waals surface area contributed by atoms with Crippen molar-refractivity contribution in [2.75, 3.05) is 11.1 Å². The van der Waals surface area contributed by atoms with Crippen LogP contribution in [0.25, 0.3) is 11.3 Å². The van der Waals surface area contributed by atoms with E-state index in [2.05, 4.69) is 25.5 Å². The summed E-state index contributed by atoms with van der Waals surface area (Å²) in [5, 5.41) is 13.3. The molecule has 0 fully saturated rings.